The van der Waals surface area contributed by atoms with Crippen molar-refractivity contribution < 1.29 is 0 Å². The van der Waals surface area contributed by atoms with Gasteiger partial charge < -0.3 is 5.73 Å². The van der Waals surface area contributed by atoms with Gasteiger partial charge in [-0.15, -0.1) is 5.73 Å². The van der Waals surface area contributed by atoms with Crippen LogP contribution < -0.4 is 5.73 Å². The lowest BCUT2D eigenvalue weighted by Crippen LogP contribution is -2.02. The minimum Gasteiger partial charge on any atom is -0.402 e. The molecule has 0 unspecified atom stereocenters. The van der Waals surface area contributed by atoms with E-state index in [1.165, 1.54) is 0 Å². The van der Waals surface area contributed by atoms with Crippen LogP contribution in [0.3, 0.4) is 0 Å². The second-order valence-corrected chi connectivity index (χ2v) is 3.74. The lowest BCUT2D eigenvalue weighted by atomic mass is 9.93. The Hall–Kier alpha value is -1.20. The van der Waals surface area contributed by atoms with Crippen molar-refractivity contribution in [3.63, 3.8) is 0 Å². The molecule has 0 saturated carbocycles. The monoisotopic (exact) mass is 175 g/mol. The molecule has 0 atom stereocenters. The summed E-state index contributed by atoms with van der Waals surface area (Å²) in [5, 5.41) is 0. The molecule has 0 aliphatic heterocycles. The van der Waals surface area contributed by atoms with Crippen molar-refractivity contribution in [3.05, 3.63) is 41.3 Å². The topological polar surface area (TPSA) is 26.0 Å². The Morgan fingerprint density at radius 2 is 2.08 bits per heavy atom. The molecule has 0 aromatic heterocycles. The summed E-state index contributed by atoms with van der Waals surface area (Å²) in [6.07, 6.45) is 1.90. The zero-order valence-electron chi connectivity index (χ0n) is 8.48. The van der Waals surface area contributed by atoms with Crippen molar-refractivity contribution in [2.24, 2.45) is 11.7 Å². The number of hydrogen-bond acceptors (Lipinski definition) is 1. The molecule has 0 amide bonds. The summed E-state index contributed by atoms with van der Waals surface area (Å²) in [6.45, 7) is 12.0. The van der Waals surface area contributed by atoms with Gasteiger partial charge in [-0.1, -0.05) is 27.0 Å². The normalized spacial score (nSPS) is 16.7. The summed E-state index contributed by atoms with van der Waals surface area (Å²) in [6, 6.07) is 0. The van der Waals surface area contributed by atoms with E-state index in [0.29, 0.717) is 5.92 Å². The average Bonchev–Trinajstić information content (AvgIpc) is 2.45. The molecule has 1 heteroatoms. The molecule has 13 heavy (non-hydrogen) atoms. The van der Waals surface area contributed by atoms with Gasteiger partial charge in [-0.2, -0.15) is 0 Å². The van der Waals surface area contributed by atoms with Gasteiger partial charge in [0.2, 0.25) is 0 Å². The fourth-order valence-corrected chi connectivity index (χ4v) is 1.57. The molecule has 1 nitrogen and oxygen atoms in total. The van der Waals surface area contributed by atoms with E-state index in [-0.39, 0.29) is 0 Å². The molecule has 70 valence electrons. The van der Waals surface area contributed by atoms with Gasteiger partial charge in [0.05, 0.1) is 0 Å². The first-order valence-corrected chi connectivity index (χ1v) is 4.65. The maximum Gasteiger partial charge on any atom is 0.0169 e. The van der Waals surface area contributed by atoms with Gasteiger partial charge in [-0.25, -0.2) is 0 Å². The van der Waals surface area contributed by atoms with Crippen molar-refractivity contribution in [1.29, 1.82) is 0 Å². The van der Waals surface area contributed by atoms with E-state index < -0.39 is 0 Å². The van der Waals surface area contributed by atoms with Crippen LogP contribution in [0.15, 0.2) is 41.3 Å². The first-order chi connectivity index (χ1) is 6.07. The Balaban J connectivity index is 3.08. The molecule has 1 aliphatic rings. The van der Waals surface area contributed by atoms with Gasteiger partial charge in [0.15, 0.2) is 0 Å². The van der Waals surface area contributed by atoms with Crippen LogP contribution in [0.1, 0.15) is 26.7 Å². The van der Waals surface area contributed by atoms with Crippen molar-refractivity contribution in [2.45, 2.75) is 26.7 Å². The summed E-state index contributed by atoms with van der Waals surface area (Å²) >= 11 is 0. The van der Waals surface area contributed by atoms with E-state index in [9.17, 15) is 0 Å². The highest BCUT2D eigenvalue weighted by Crippen LogP contribution is 2.34. The van der Waals surface area contributed by atoms with Crippen molar-refractivity contribution in [2.75, 3.05) is 0 Å². The lowest BCUT2D eigenvalue weighted by Gasteiger charge is -2.12. The van der Waals surface area contributed by atoms with Crippen LogP contribution in [-0.4, -0.2) is 0 Å². The summed E-state index contributed by atoms with van der Waals surface area (Å²) in [5.41, 5.74) is 13.2. The van der Waals surface area contributed by atoms with Gasteiger partial charge in [0, 0.05) is 16.8 Å². The molecule has 1 rings (SSSR count). The molecule has 0 saturated heterocycles. The molecule has 0 aromatic carbocycles. The minimum absolute atomic E-state index is 0.440. The maximum atomic E-state index is 5.91. The summed E-state index contributed by atoms with van der Waals surface area (Å²) < 4.78 is 0. The fourth-order valence-electron chi connectivity index (χ4n) is 1.57. The Morgan fingerprint density at radius 3 is 2.54 bits per heavy atom. The molecular weight excluding hydrogens is 158 g/mol. The Kier molecular flexibility index (Phi) is 2.79. The van der Waals surface area contributed by atoms with Crippen LogP contribution in [0.2, 0.25) is 0 Å². The van der Waals surface area contributed by atoms with Crippen LogP contribution in [0, 0.1) is 5.92 Å². The van der Waals surface area contributed by atoms with Gasteiger partial charge in [-0.05, 0) is 24.3 Å². The smallest absolute Gasteiger partial charge is 0.0169 e. The third-order valence-electron chi connectivity index (χ3n) is 2.50. The first-order valence-electron chi connectivity index (χ1n) is 4.65. The second kappa shape index (κ2) is 3.68. The van der Waals surface area contributed by atoms with Crippen molar-refractivity contribution >= 4 is 0 Å². The summed E-state index contributed by atoms with van der Waals surface area (Å²) in [5.74, 6) is 0.440. The minimum atomic E-state index is 0.440. The third-order valence-corrected chi connectivity index (χ3v) is 2.50. The van der Waals surface area contributed by atoms with Crippen LogP contribution in [0.25, 0.3) is 0 Å². The largest absolute Gasteiger partial charge is 0.402 e. The number of allylic oxidation sites excluding steroid dienone is 4. The van der Waals surface area contributed by atoms with E-state index in [4.69, 9.17) is 5.73 Å². The van der Waals surface area contributed by atoms with Crippen LogP contribution in [0.4, 0.5) is 0 Å². The Bertz CT molecular complexity index is 312. The molecule has 0 aromatic rings. The highest BCUT2D eigenvalue weighted by molar-refractivity contribution is 5.51. The first kappa shape index (κ1) is 9.88. The molecule has 0 fully saturated rings. The van der Waals surface area contributed by atoms with E-state index in [1.807, 2.05) is 0 Å². The fraction of sp³-hybridized carbons (Fsp3) is 0.417. The summed E-state index contributed by atoms with van der Waals surface area (Å²) in [7, 11) is 0. The molecule has 0 heterocycles. The molecule has 0 radical (unpaired) electrons. The molecular formula is C12H17N. The van der Waals surface area contributed by atoms with Gasteiger partial charge in [0.1, 0.15) is 0 Å². The van der Waals surface area contributed by atoms with Crippen LogP contribution in [-0.2, 0) is 0 Å². The molecule has 2 N–H and O–H groups in total. The predicted molar refractivity (Wildman–Crippen MR) is 57.1 cm³/mol. The lowest BCUT2D eigenvalue weighted by molar-refractivity contribution is 0.782. The van der Waals surface area contributed by atoms with E-state index in [2.05, 4.69) is 32.7 Å². The molecule has 1 aliphatic carbocycles. The van der Waals surface area contributed by atoms with Gasteiger partial charge >= 0.3 is 0 Å². The van der Waals surface area contributed by atoms with Crippen molar-refractivity contribution in [1.82, 2.24) is 0 Å². The quantitative estimate of drug-likeness (QED) is 0.642. The van der Waals surface area contributed by atoms with Crippen molar-refractivity contribution in [3.8, 4) is 0 Å². The highest BCUT2D eigenvalue weighted by Gasteiger charge is 2.20. The predicted octanol–water partition coefficient (Wildman–Crippen LogP) is 2.92. The SMILES string of the molecule is C=C=C1CCC(N)=C1C(=C)C(C)C. The number of rotatable bonds is 2. The van der Waals surface area contributed by atoms with Crippen LogP contribution in [0.5, 0.6) is 0 Å². The second-order valence-electron chi connectivity index (χ2n) is 3.74. The number of hydrogen-bond donors (Lipinski definition) is 1. The van der Waals surface area contributed by atoms with Gasteiger partial charge in [-0.3, -0.25) is 0 Å². The standard InChI is InChI=1S/C12H17N/c1-5-10-6-7-11(13)12(10)9(4)8(2)3/h8H,1,4,6-7,13H2,2-3H3. The maximum absolute atomic E-state index is 5.91. The van der Waals surface area contributed by atoms with E-state index in [1.54, 1.807) is 0 Å². The number of nitrogens with two attached hydrogens (primary N) is 1. The zero-order chi connectivity index (χ0) is 10.0. The Morgan fingerprint density at radius 1 is 1.46 bits per heavy atom. The summed E-state index contributed by atoms with van der Waals surface area (Å²) in [4.78, 5) is 0. The van der Waals surface area contributed by atoms with E-state index in [0.717, 1.165) is 35.3 Å². The third kappa shape index (κ3) is 1.76. The Labute approximate surface area is 80.3 Å². The highest BCUT2D eigenvalue weighted by atomic mass is 14.6. The average molecular weight is 175 g/mol. The molecule has 0 bridgehead atoms. The van der Waals surface area contributed by atoms with Gasteiger partial charge in [0.25, 0.3) is 0 Å². The van der Waals surface area contributed by atoms with Crippen LogP contribution >= 0.6 is 0 Å². The van der Waals surface area contributed by atoms with E-state index >= 15 is 0 Å². The molecule has 0 spiro atoms. The zero-order valence-corrected chi connectivity index (χ0v) is 8.48.